The van der Waals surface area contributed by atoms with Crippen LogP contribution in [-0.4, -0.2) is 30.3 Å². The van der Waals surface area contributed by atoms with Crippen molar-refractivity contribution in [1.29, 1.82) is 0 Å². The van der Waals surface area contributed by atoms with Gasteiger partial charge in [0.15, 0.2) is 0 Å². The van der Waals surface area contributed by atoms with Crippen molar-refractivity contribution in [3.05, 3.63) is 77.3 Å². The quantitative estimate of drug-likeness (QED) is 0.424. The van der Waals surface area contributed by atoms with E-state index < -0.39 is 5.92 Å². The lowest BCUT2D eigenvalue weighted by molar-refractivity contribution is -0.122. The first-order chi connectivity index (χ1) is 18.0. The van der Waals surface area contributed by atoms with Gasteiger partial charge in [0.05, 0.1) is 17.2 Å². The molecule has 3 aromatic carbocycles. The smallest absolute Gasteiger partial charge is 0.259 e. The van der Waals surface area contributed by atoms with Crippen molar-refractivity contribution in [2.24, 2.45) is 5.92 Å². The number of carbonyl (C=O) groups excluding carboxylic acids is 3. The summed E-state index contributed by atoms with van der Waals surface area (Å²) in [6.45, 7) is 0.308. The van der Waals surface area contributed by atoms with Crippen LogP contribution in [0.25, 0.3) is 0 Å². The number of halogens is 1. The van der Waals surface area contributed by atoms with Gasteiger partial charge in [0, 0.05) is 45.2 Å². The average Bonchev–Trinajstić information content (AvgIpc) is 3.53. The molecule has 1 aliphatic carbocycles. The Kier molecular flexibility index (Phi) is 6.42. The van der Waals surface area contributed by atoms with Crippen LogP contribution in [0.3, 0.4) is 0 Å². The monoisotopic (exact) mass is 531 g/mol. The molecule has 0 unspecified atom stereocenters. The summed E-state index contributed by atoms with van der Waals surface area (Å²) in [5, 5.41) is 3.57. The molecule has 1 atom stereocenters. The third-order valence-electron chi connectivity index (χ3n) is 7.35. The van der Waals surface area contributed by atoms with Crippen molar-refractivity contribution in [3.63, 3.8) is 0 Å². The minimum absolute atomic E-state index is 0.0381. The van der Waals surface area contributed by atoms with Gasteiger partial charge in [-0.05, 0) is 61.4 Å². The molecule has 0 radical (unpaired) electrons. The number of hydrogen-bond donors (Lipinski definition) is 1. The van der Waals surface area contributed by atoms with Crippen LogP contribution in [0.4, 0.5) is 17.1 Å². The topological polar surface area (TPSA) is 69.7 Å². The Balaban J connectivity index is 1.25. The van der Waals surface area contributed by atoms with E-state index >= 15 is 0 Å². The number of rotatable bonds is 4. The summed E-state index contributed by atoms with van der Waals surface area (Å²) in [6.07, 6.45) is 4.39. The van der Waals surface area contributed by atoms with Crippen molar-refractivity contribution in [2.75, 3.05) is 21.7 Å². The predicted octanol–water partition coefficient (Wildman–Crippen LogP) is 6.39. The van der Waals surface area contributed by atoms with Crippen LogP contribution in [0.2, 0.25) is 5.02 Å². The summed E-state index contributed by atoms with van der Waals surface area (Å²) < 4.78 is 0. The Morgan fingerprint density at radius 3 is 2.57 bits per heavy atom. The van der Waals surface area contributed by atoms with Gasteiger partial charge in [-0.25, -0.2) is 0 Å². The Labute approximate surface area is 225 Å². The molecule has 0 bridgehead atoms. The van der Waals surface area contributed by atoms with Crippen LogP contribution in [0.5, 0.6) is 0 Å². The number of hydrogen-bond acceptors (Lipinski definition) is 4. The third-order valence-corrected chi connectivity index (χ3v) is 8.71. The van der Waals surface area contributed by atoms with Gasteiger partial charge in [-0.3, -0.25) is 14.4 Å². The first-order valence-corrected chi connectivity index (χ1v) is 13.8. The van der Waals surface area contributed by atoms with Crippen molar-refractivity contribution < 1.29 is 14.4 Å². The zero-order chi connectivity index (χ0) is 25.5. The lowest BCUT2D eigenvalue weighted by Gasteiger charge is -2.29. The van der Waals surface area contributed by atoms with E-state index in [4.69, 9.17) is 11.6 Å². The van der Waals surface area contributed by atoms with E-state index in [-0.39, 0.29) is 30.2 Å². The van der Waals surface area contributed by atoms with Crippen LogP contribution in [0, 0.1) is 5.92 Å². The summed E-state index contributed by atoms with van der Waals surface area (Å²) in [7, 11) is 0. The van der Waals surface area contributed by atoms with Crippen LogP contribution in [0.15, 0.2) is 76.5 Å². The lowest BCUT2D eigenvalue weighted by atomic mass is 10.1. The second-order valence-corrected chi connectivity index (χ2v) is 11.3. The van der Waals surface area contributed by atoms with Crippen molar-refractivity contribution in [2.45, 2.75) is 47.9 Å². The average molecular weight is 532 g/mol. The molecular weight excluding hydrogens is 506 g/mol. The molecular formula is C29H26ClN3O3S. The molecule has 1 saturated carbocycles. The fourth-order valence-corrected chi connectivity index (χ4v) is 6.80. The summed E-state index contributed by atoms with van der Waals surface area (Å²) in [4.78, 5) is 44.9. The first-order valence-electron chi connectivity index (χ1n) is 12.6. The van der Waals surface area contributed by atoms with Crippen molar-refractivity contribution in [3.8, 4) is 0 Å². The van der Waals surface area contributed by atoms with E-state index in [1.54, 1.807) is 34.9 Å². The highest BCUT2D eigenvalue weighted by atomic mass is 35.5. The maximum Gasteiger partial charge on any atom is 0.259 e. The maximum atomic E-state index is 13.6. The number of nitrogens with one attached hydrogen (secondary N) is 1. The highest BCUT2D eigenvalue weighted by Gasteiger charge is 2.36. The van der Waals surface area contributed by atoms with Crippen molar-refractivity contribution in [1.82, 2.24) is 0 Å². The van der Waals surface area contributed by atoms with Gasteiger partial charge >= 0.3 is 0 Å². The van der Waals surface area contributed by atoms with E-state index in [2.05, 4.69) is 5.32 Å². The van der Waals surface area contributed by atoms with Crippen LogP contribution < -0.4 is 15.1 Å². The molecule has 0 aromatic heterocycles. The molecule has 2 heterocycles. The molecule has 0 spiro atoms. The summed E-state index contributed by atoms with van der Waals surface area (Å²) in [6, 6.07) is 20.7. The molecule has 3 aliphatic rings. The molecule has 2 aliphatic heterocycles. The Hall–Kier alpha value is -3.29. The summed E-state index contributed by atoms with van der Waals surface area (Å²) >= 11 is 7.65. The number of nitrogens with zero attached hydrogens (tertiary/aromatic N) is 2. The zero-order valence-corrected chi connectivity index (χ0v) is 21.7. The normalized spacial score (nSPS) is 19.5. The standard InChI is InChI=1S/C29H26ClN3O3S/c30-19-6-5-9-22(15-19)32-17-18(14-27(32)34)28(35)31-20-12-13-24-26(16-20)37-25-11-4-3-10-23(25)29(36)33(24)21-7-1-2-8-21/h3-6,9-13,15-16,18,21H,1-2,7-8,14,17H2,(H,31,35)/t18-/m0/s1. The number of benzene rings is 3. The summed E-state index contributed by atoms with van der Waals surface area (Å²) in [5.74, 6) is -0.714. The van der Waals surface area contributed by atoms with Gasteiger partial charge in [-0.1, -0.05) is 54.4 Å². The van der Waals surface area contributed by atoms with Gasteiger partial charge < -0.3 is 15.1 Å². The maximum absolute atomic E-state index is 13.6. The highest BCUT2D eigenvalue weighted by molar-refractivity contribution is 7.99. The molecule has 1 saturated heterocycles. The molecule has 188 valence electrons. The Morgan fingerprint density at radius 1 is 0.946 bits per heavy atom. The van der Waals surface area contributed by atoms with E-state index in [0.29, 0.717) is 28.5 Å². The Morgan fingerprint density at radius 2 is 1.76 bits per heavy atom. The molecule has 37 heavy (non-hydrogen) atoms. The molecule has 3 amide bonds. The van der Waals surface area contributed by atoms with Gasteiger partial charge in [0.25, 0.3) is 5.91 Å². The fraction of sp³-hybridized carbons (Fsp3) is 0.276. The number of anilines is 3. The van der Waals surface area contributed by atoms with E-state index in [1.165, 1.54) is 0 Å². The first kappa shape index (κ1) is 24.1. The zero-order valence-electron chi connectivity index (χ0n) is 20.2. The molecule has 8 heteroatoms. The highest BCUT2D eigenvalue weighted by Crippen LogP contribution is 2.45. The minimum Gasteiger partial charge on any atom is -0.326 e. The van der Waals surface area contributed by atoms with Crippen LogP contribution >= 0.6 is 23.4 Å². The van der Waals surface area contributed by atoms with Gasteiger partial charge in [0.1, 0.15) is 0 Å². The summed E-state index contributed by atoms with van der Waals surface area (Å²) in [5.41, 5.74) is 2.96. The predicted molar refractivity (Wildman–Crippen MR) is 147 cm³/mol. The number of fused-ring (bicyclic) bond motifs is 2. The van der Waals surface area contributed by atoms with Crippen LogP contribution in [0.1, 0.15) is 42.5 Å². The number of carbonyl (C=O) groups is 3. The number of amides is 3. The molecule has 1 N–H and O–H groups in total. The van der Waals surface area contributed by atoms with Crippen LogP contribution in [-0.2, 0) is 9.59 Å². The van der Waals surface area contributed by atoms with Crippen molar-refractivity contribution >= 4 is 58.1 Å². The van der Waals surface area contributed by atoms with Gasteiger partial charge in [-0.15, -0.1) is 0 Å². The van der Waals surface area contributed by atoms with E-state index in [0.717, 1.165) is 41.2 Å². The van der Waals surface area contributed by atoms with E-state index in [1.807, 2.05) is 53.4 Å². The largest absolute Gasteiger partial charge is 0.326 e. The second-order valence-electron chi connectivity index (χ2n) is 9.77. The van der Waals surface area contributed by atoms with Gasteiger partial charge in [0.2, 0.25) is 11.8 Å². The SMILES string of the molecule is O=C(Nc1ccc2c(c1)Sc1ccccc1C(=O)N2C1CCCC1)[C@H]1CC(=O)N(c2cccc(Cl)c2)C1. The second kappa shape index (κ2) is 9.88. The Bertz CT molecular complexity index is 1400. The minimum atomic E-state index is -0.463. The lowest BCUT2D eigenvalue weighted by Crippen LogP contribution is -2.39. The third kappa shape index (κ3) is 4.62. The fourth-order valence-electron chi connectivity index (χ4n) is 5.51. The molecule has 2 fully saturated rings. The molecule has 6 rings (SSSR count). The molecule has 6 nitrogen and oxygen atoms in total. The molecule has 3 aromatic rings. The van der Waals surface area contributed by atoms with Gasteiger partial charge in [-0.2, -0.15) is 0 Å². The van der Waals surface area contributed by atoms with E-state index in [9.17, 15) is 14.4 Å².